The van der Waals surface area contributed by atoms with Crippen LogP contribution in [0.4, 0.5) is 0 Å². The maximum absolute atomic E-state index is 6.68. The van der Waals surface area contributed by atoms with E-state index in [2.05, 4.69) is 72.0 Å². The Hall–Kier alpha value is -0.763. The normalized spacial score (nSPS) is 29.1. The molecule has 0 saturated carbocycles. The van der Waals surface area contributed by atoms with Crippen LogP contribution in [0.15, 0.2) is 30.3 Å². The molecule has 2 saturated heterocycles. The highest BCUT2D eigenvalue weighted by Crippen LogP contribution is 2.44. The first-order valence-electron chi connectivity index (χ1n) is 12.6. The fourth-order valence-electron chi connectivity index (χ4n) is 4.44. The summed E-state index contributed by atoms with van der Waals surface area (Å²) in [6.45, 7) is 21.2. The van der Waals surface area contributed by atoms with E-state index in [1.54, 1.807) is 0 Å². The van der Waals surface area contributed by atoms with Gasteiger partial charge in [-0.2, -0.15) is 0 Å². The molecule has 1 aromatic rings. The first-order chi connectivity index (χ1) is 15.3. The standard InChI is InChI=1S/C27H46O5Si/c1-19(28-17-21-13-11-10-12-14-21)15-16-22(18-29-33(8,9)26(3,4)5)23-20(2)24-25(30-23)32-27(6,7)31-24/h10-14,19-20,22-25H,15-18H2,1-9H3/t19?,20-,22+,23-,24-,25-/m1/s1. The Morgan fingerprint density at radius 3 is 2.33 bits per heavy atom. The van der Waals surface area contributed by atoms with E-state index >= 15 is 0 Å². The molecular formula is C27H46O5Si. The van der Waals surface area contributed by atoms with Crippen LogP contribution in [-0.2, 0) is 30.0 Å². The molecule has 0 amide bonds. The van der Waals surface area contributed by atoms with E-state index in [9.17, 15) is 0 Å². The lowest BCUT2D eigenvalue weighted by Gasteiger charge is -2.38. The van der Waals surface area contributed by atoms with Crippen molar-refractivity contribution in [3.8, 4) is 0 Å². The second-order valence-corrected chi connectivity index (χ2v) is 16.8. The molecule has 1 unspecified atom stereocenters. The molecule has 0 N–H and O–H groups in total. The molecule has 1 aromatic carbocycles. The summed E-state index contributed by atoms with van der Waals surface area (Å²) in [6, 6.07) is 10.4. The third kappa shape index (κ3) is 6.89. The van der Waals surface area contributed by atoms with Gasteiger partial charge in [-0.1, -0.05) is 58.0 Å². The van der Waals surface area contributed by atoms with Crippen LogP contribution < -0.4 is 0 Å². The van der Waals surface area contributed by atoms with Gasteiger partial charge in [-0.25, -0.2) is 0 Å². The molecule has 3 rings (SSSR count). The zero-order valence-electron chi connectivity index (χ0n) is 22.2. The summed E-state index contributed by atoms with van der Waals surface area (Å²) < 4.78 is 31.5. The molecule has 5 nitrogen and oxygen atoms in total. The van der Waals surface area contributed by atoms with Gasteiger partial charge in [-0.05, 0) is 57.3 Å². The molecule has 2 aliphatic heterocycles. The highest BCUT2D eigenvalue weighted by molar-refractivity contribution is 6.74. The third-order valence-electron chi connectivity index (χ3n) is 7.67. The van der Waals surface area contributed by atoms with Gasteiger partial charge in [0, 0.05) is 18.4 Å². The second kappa shape index (κ2) is 10.5. The summed E-state index contributed by atoms with van der Waals surface area (Å²) in [4.78, 5) is 0. The van der Waals surface area contributed by atoms with Crippen LogP contribution in [0, 0.1) is 11.8 Å². The molecule has 6 heteroatoms. The average Bonchev–Trinajstić information content (AvgIpc) is 3.18. The minimum atomic E-state index is -1.86. The van der Waals surface area contributed by atoms with Gasteiger partial charge in [0.1, 0.15) is 6.10 Å². The molecule has 33 heavy (non-hydrogen) atoms. The van der Waals surface area contributed by atoms with Crippen LogP contribution in [0.25, 0.3) is 0 Å². The minimum Gasteiger partial charge on any atom is -0.416 e. The summed E-state index contributed by atoms with van der Waals surface area (Å²) in [5.41, 5.74) is 1.21. The van der Waals surface area contributed by atoms with Crippen molar-refractivity contribution in [3.05, 3.63) is 35.9 Å². The lowest BCUT2D eigenvalue weighted by Crippen LogP contribution is -2.44. The molecule has 2 fully saturated rings. The van der Waals surface area contributed by atoms with Crippen LogP contribution in [0.2, 0.25) is 18.1 Å². The fraction of sp³-hybridized carbons (Fsp3) is 0.778. The van der Waals surface area contributed by atoms with Crippen LogP contribution in [0.1, 0.15) is 66.9 Å². The van der Waals surface area contributed by atoms with Crippen molar-refractivity contribution in [2.45, 2.75) is 116 Å². The number of hydrogen-bond acceptors (Lipinski definition) is 5. The van der Waals surface area contributed by atoms with Crippen molar-refractivity contribution in [3.63, 3.8) is 0 Å². The van der Waals surface area contributed by atoms with Gasteiger partial charge in [0.15, 0.2) is 20.4 Å². The van der Waals surface area contributed by atoms with Crippen molar-refractivity contribution < 1.29 is 23.4 Å². The number of hydrogen-bond donors (Lipinski definition) is 0. The van der Waals surface area contributed by atoms with Gasteiger partial charge in [0.05, 0.1) is 18.8 Å². The lowest BCUT2D eigenvalue weighted by atomic mass is 9.87. The predicted molar refractivity (Wildman–Crippen MR) is 134 cm³/mol. The lowest BCUT2D eigenvalue weighted by molar-refractivity contribution is -0.216. The van der Waals surface area contributed by atoms with E-state index in [1.807, 2.05) is 19.9 Å². The second-order valence-electron chi connectivity index (χ2n) is 11.9. The van der Waals surface area contributed by atoms with E-state index in [-0.39, 0.29) is 41.5 Å². The minimum absolute atomic E-state index is 0.0212. The van der Waals surface area contributed by atoms with Gasteiger partial charge in [0.2, 0.25) is 0 Å². The Labute approximate surface area is 202 Å². The van der Waals surface area contributed by atoms with Gasteiger partial charge in [0.25, 0.3) is 0 Å². The largest absolute Gasteiger partial charge is 0.416 e. The van der Waals surface area contributed by atoms with Crippen molar-refractivity contribution in [1.29, 1.82) is 0 Å². The quantitative estimate of drug-likeness (QED) is 0.358. The topological polar surface area (TPSA) is 46.2 Å². The van der Waals surface area contributed by atoms with Crippen molar-refractivity contribution in [2.75, 3.05) is 6.61 Å². The number of ether oxygens (including phenoxy) is 4. The molecule has 2 heterocycles. The summed E-state index contributed by atoms with van der Waals surface area (Å²) in [5.74, 6) is -0.0512. The SMILES string of the molecule is CC(CC[C@@H](CO[Si](C)(C)C(C)(C)C)[C@@H]1O[C@@H]2OC(C)(C)O[C@@H]2[C@@H]1C)OCc1ccccc1. The predicted octanol–water partition coefficient (Wildman–Crippen LogP) is 6.52. The molecule has 0 spiro atoms. The first kappa shape index (κ1) is 26.8. The fourth-order valence-corrected chi connectivity index (χ4v) is 5.51. The van der Waals surface area contributed by atoms with E-state index in [4.69, 9.17) is 23.4 Å². The molecule has 2 aliphatic rings. The zero-order valence-corrected chi connectivity index (χ0v) is 23.2. The molecule has 6 atom stereocenters. The summed E-state index contributed by atoms with van der Waals surface area (Å²) >= 11 is 0. The number of fused-ring (bicyclic) bond motifs is 1. The molecule has 188 valence electrons. The van der Waals surface area contributed by atoms with Gasteiger partial charge < -0.3 is 23.4 Å². The molecule has 0 aliphatic carbocycles. The number of rotatable bonds is 10. The van der Waals surface area contributed by atoms with E-state index in [0.29, 0.717) is 13.2 Å². The van der Waals surface area contributed by atoms with Crippen molar-refractivity contribution >= 4 is 8.32 Å². The van der Waals surface area contributed by atoms with Crippen LogP contribution in [-0.4, -0.2) is 45.3 Å². The van der Waals surface area contributed by atoms with Crippen molar-refractivity contribution in [1.82, 2.24) is 0 Å². The Kier molecular flexibility index (Phi) is 8.51. The molecular weight excluding hydrogens is 432 g/mol. The van der Waals surface area contributed by atoms with Crippen LogP contribution >= 0.6 is 0 Å². The van der Waals surface area contributed by atoms with Crippen LogP contribution in [0.5, 0.6) is 0 Å². The molecule has 0 radical (unpaired) electrons. The Morgan fingerprint density at radius 2 is 1.73 bits per heavy atom. The highest BCUT2D eigenvalue weighted by Gasteiger charge is 2.54. The summed E-state index contributed by atoms with van der Waals surface area (Å²) in [5, 5.41) is 0.179. The van der Waals surface area contributed by atoms with Gasteiger partial charge >= 0.3 is 0 Å². The summed E-state index contributed by atoms with van der Waals surface area (Å²) in [7, 11) is -1.86. The van der Waals surface area contributed by atoms with Gasteiger partial charge in [-0.3, -0.25) is 0 Å². The van der Waals surface area contributed by atoms with E-state index < -0.39 is 14.1 Å². The molecule has 0 bridgehead atoms. The number of benzene rings is 1. The van der Waals surface area contributed by atoms with E-state index in [1.165, 1.54) is 5.56 Å². The van der Waals surface area contributed by atoms with Crippen LogP contribution in [0.3, 0.4) is 0 Å². The summed E-state index contributed by atoms with van der Waals surface area (Å²) in [6.07, 6.45) is 1.87. The zero-order chi connectivity index (χ0) is 24.4. The highest BCUT2D eigenvalue weighted by atomic mass is 28.4. The maximum atomic E-state index is 6.68. The third-order valence-corrected chi connectivity index (χ3v) is 12.2. The Bertz CT molecular complexity index is 745. The smallest absolute Gasteiger partial charge is 0.191 e. The molecule has 0 aromatic heterocycles. The van der Waals surface area contributed by atoms with E-state index in [0.717, 1.165) is 12.8 Å². The monoisotopic (exact) mass is 478 g/mol. The maximum Gasteiger partial charge on any atom is 0.191 e. The Morgan fingerprint density at radius 1 is 1.06 bits per heavy atom. The first-order valence-corrected chi connectivity index (χ1v) is 15.5. The Balaban J connectivity index is 1.62. The average molecular weight is 479 g/mol. The van der Waals surface area contributed by atoms with Gasteiger partial charge in [-0.15, -0.1) is 0 Å². The van der Waals surface area contributed by atoms with Crippen molar-refractivity contribution in [2.24, 2.45) is 11.8 Å².